The van der Waals surface area contributed by atoms with E-state index in [-0.39, 0.29) is 11.8 Å². The fourth-order valence-electron chi connectivity index (χ4n) is 1.92. The van der Waals surface area contributed by atoms with Crippen LogP contribution < -0.4 is 5.32 Å². The summed E-state index contributed by atoms with van der Waals surface area (Å²) in [6.45, 7) is 9.26. The zero-order valence-corrected chi connectivity index (χ0v) is 14.2. The van der Waals surface area contributed by atoms with Crippen LogP contribution in [0, 0.1) is 5.92 Å². The van der Waals surface area contributed by atoms with Crippen LogP contribution in [0.3, 0.4) is 0 Å². The topological polar surface area (TPSA) is 55.4 Å². The molecule has 0 spiro atoms. The Kier molecular flexibility index (Phi) is 6.60. The summed E-state index contributed by atoms with van der Waals surface area (Å²) >= 11 is 0. The van der Waals surface area contributed by atoms with Gasteiger partial charge < -0.3 is 10.1 Å². The molecule has 22 heavy (non-hydrogen) atoms. The summed E-state index contributed by atoms with van der Waals surface area (Å²) in [5.41, 5.74) is 0.412. The fraction of sp³-hybridized carbons (Fsp3) is 0.556. The third kappa shape index (κ3) is 6.29. The van der Waals surface area contributed by atoms with Crippen molar-refractivity contribution in [2.75, 3.05) is 0 Å². The number of hydrogen-bond donors (Lipinski definition) is 1. The molecule has 0 aliphatic rings. The quantitative estimate of drug-likeness (QED) is 0.822. The maximum atomic E-state index is 12.4. The van der Waals surface area contributed by atoms with Gasteiger partial charge in [-0.15, -0.1) is 0 Å². The van der Waals surface area contributed by atoms with E-state index in [4.69, 9.17) is 4.74 Å². The maximum absolute atomic E-state index is 12.4. The van der Waals surface area contributed by atoms with E-state index in [2.05, 4.69) is 5.32 Å². The molecule has 0 fully saturated rings. The Balaban J connectivity index is 2.85. The molecule has 2 atom stereocenters. The third-order valence-corrected chi connectivity index (χ3v) is 3.35. The first-order chi connectivity index (χ1) is 10.2. The number of ether oxygens (including phenoxy) is 1. The van der Waals surface area contributed by atoms with Crippen LogP contribution in [0.4, 0.5) is 0 Å². The van der Waals surface area contributed by atoms with Gasteiger partial charge in [-0.05, 0) is 32.8 Å². The van der Waals surface area contributed by atoms with E-state index in [0.717, 1.165) is 12.0 Å². The van der Waals surface area contributed by atoms with Gasteiger partial charge in [0.25, 0.3) is 0 Å². The molecule has 0 saturated heterocycles. The molecule has 4 nitrogen and oxygen atoms in total. The van der Waals surface area contributed by atoms with Crippen LogP contribution in [0.25, 0.3) is 0 Å². The van der Waals surface area contributed by atoms with Crippen molar-refractivity contribution in [3.05, 3.63) is 35.9 Å². The van der Waals surface area contributed by atoms with E-state index in [9.17, 15) is 9.59 Å². The van der Waals surface area contributed by atoms with Gasteiger partial charge in [-0.1, -0.05) is 44.2 Å². The summed E-state index contributed by atoms with van der Waals surface area (Å²) < 4.78 is 5.43. The molecule has 122 valence electrons. The highest BCUT2D eigenvalue weighted by molar-refractivity contribution is 5.85. The molecule has 0 aromatic heterocycles. The molecule has 4 heteroatoms. The number of benzene rings is 1. The van der Waals surface area contributed by atoms with Crippen LogP contribution in [-0.4, -0.2) is 23.5 Å². The van der Waals surface area contributed by atoms with Crippen molar-refractivity contribution in [3.8, 4) is 0 Å². The van der Waals surface area contributed by atoms with Crippen molar-refractivity contribution in [1.29, 1.82) is 0 Å². The highest BCUT2D eigenvalue weighted by Crippen LogP contribution is 2.12. The lowest BCUT2D eigenvalue weighted by Gasteiger charge is -2.25. The normalized spacial score (nSPS) is 14.0. The van der Waals surface area contributed by atoms with Crippen LogP contribution in [0.2, 0.25) is 0 Å². The standard InChI is InChI=1S/C18H27NO3/c1-6-13(2)16(20)19-15(17(21)22-18(3,4)5)12-14-10-8-7-9-11-14/h7-11,13,15H,6,12H2,1-5H3,(H,19,20)/t13?,15-/m0/s1. The molecule has 1 amide bonds. The number of hydrogen-bond acceptors (Lipinski definition) is 3. The predicted molar refractivity (Wildman–Crippen MR) is 87.4 cm³/mol. The summed E-state index contributed by atoms with van der Waals surface area (Å²) in [5, 5.41) is 2.83. The number of nitrogens with one attached hydrogen (secondary N) is 1. The first-order valence-electron chi connectivity index (χ1n) is 7.80. The van der Waals surface area contributed by atoms with E-state index >= 15 is 0 Å². The Bertz CT molecular complexity index is 491. The highest BCUT2D eigenvalue weighted by atomic mass is 16.6. The Morgan fingerprint density at radius 1 is 1.18 bits per heavy atom. The van der Waals surface area contributed by atoms with Crippen molar-refractivity contribution in [2.45, 2.75) is 59.1 Å². The summed E-state index contributed by atoms with van der Waals surface area (Å²) in [4.78, 5) is 24.5. The Morgan fingerprint density at radius 2 is 1.77 bits per heavy atom. The Labute approximate surface area is 133 Å². The zero-order chi connectivity index (χ0) is 16.8. The maximum Gasteiger partial charge on any atom is 0.329 e. The van der Waals surface area contributed by atoms with Crippen molar-refractivity contribution in [1.82, 2.24) is 5.32 Å². The van der Waals surface area contributed by atoms with Gasteiger partial charge in [0.1, 0.15) is 11.6 Å². The third-order valence-electron chi connectivity index (χ3n) is 3.35. The summed E-state index contributed by atoms with van der Waals surface area (Å²) in [6.07, 6.45) is 1.16. The molecule has 0 heterocycles. The lowest BCUT2D eigenvalue weighted by atomic mass is 10.0. The van der Waals surface area contributed by atoms with Crippen LogP contribution in [0.15, 0.2) is 30.3 Å². The molecule has 0 radical (unpaired) electrons. The molecule has 1 N–H and O–H groups in total. The van der Waals surface area contributed by atoms with Gasteiger partial charge in [-0.25, -0.2) is 4.79 Å². The van der Waals surface area contributed by atoms with Gasteiger partial charge >= 0.3 is 5.97 Å². The lowest BCUT2D eigenvalue weighted by molar-refractivity contribution is -0.158. The number of carbonyl (C=O) groups is 2. The van der Waals surface area contributed by atoms with E-state index in [0.29, 0.717) is 6.42 Å². The molecule has 0 bridgehead atoms. The summed E-state index contributed by atoms with van der Waals surface area (Å²) in [7, 11) is 0. The average molecular weight is 305 g/mol. The van der Waals surface area contributed by atoms with Crippen molar-refractivity contribution in [3.63, 3.8) is 0 Å². The van der Waals surface area contributed by atoms with Crippen LogP contribution in [0.1, 0.15) is 46.6 Å². The Morgan fingerprint density at radius 3 is 2.27 bits per heavy atom. The second-order valence-corrected chi connectivity index (χ2v) is 6.59. The van der Waals surface area contributed by atoms with Crippen molar-refractivity contribution in [2.24, 2.45) is 5.92 Å². The van der Waals surface area contributed by atoms with Crippen LogP contribution >= 0.6 is 0 Å². The van der Waals surface area contributed by atoms with Crippen LogP contribution in [0.5, 0.6) is 0 Å². The van der Waals surface area contributed by atoms with Gasteiger partial charge in [0.05, 0.1) is 0 Å². The highest BCUT2D eigenvalue weighted by Gasteiger charge is 2.27. The summed E-state index contributed by atoms with van der Waals surface area (Å²) in [5.74, 6) is -0.636. The molecule has 0 aliphatic carbocycles. The monoisotopic (exact) mass is 305 g/mol. The first kappa shape index (κ1) is 18.2. The van der Waals surface area contributed by atoms with Crippen molar-refractivity contribution >= 4 is 11.9 Å². The van der Waals surface area contributed by atoms with E-state index in [1.807, 2.05) is 65.0 Å². The first-order valence-corrected chi connectivity index (χ1v) is 7.80. The Hall–Kier alpha value is -1.84. The van der Waals surface area contributed by atoms with Crippen LogP contribution in [-0.2, 0) is 20.7 Å². The van der Waals surface area contributed by atoms with E-state index in [1.54, 1.807) is 0 Å². The molecule has 0 saturated carbocycles. The molecule has 0 aliphatic heterocycles. The smallest absolute Gasteiger partial charge is 0.329 e. The number of amides is 1. The van der Waals surface area contributed by atoms with Gasteiger partial charge in [0.2, 0.25) is 5.91 Å². The number of carbonyl (C=O) groups excluding carboxylic acids is 2. The number of rotatable bonds is 6. The van der Waals surface area contributed by atoms with Crippen molar-refractivity contribution < 1.29 is 14.3 Å². The minimum atomic E-state index is -0.664. The molecular weight excluding hydrogens is 278 g/mol. The van der Waals surface area contributed by atoms with Gasteiger partial charge in [-0.2, -0.15) is 0 Å². The second kappa shape index (κ2) is 7.97. The van der Waals surface area contributed by atoms with E-state index < -0.39 is 17.6 Å². The lowest BCUT2D eigenvalue weighted by Crippen LogP contribution is -2.47. The van der Waals surface area contributed by atoms with Gasteiger partial charge in [0, 0.05) is 12.3 Å². The second-order valence-electron chi connectivity index (χ2n) is 6.59. The molecule has 1 aromatic carbocycles. The molecule has 1 rings (SSSR count). The fourth-order valence-corrected chi connectivity index (χ4v) is 1.92. The minimum Gasteiger partial charge on any atom is -0.458 e. The minimum absolute atomic E-state index is 0.116. The van der Waals surface area contributed by atoms with E-state index in [1.165, 1.54) is 0 Å². The molecular formula is C18H27NO3. The zero-order valence-electron chi connectivity index (χ0n) is 14.2. The largest absolute Gasteiger partial charge is 0.458 e. The molecule has 1 unspecified atom stereocenters. The molecule has 1 aromatic rings. The SMILES string of the molecule is CCC(C)C(=O)N[C@@H](Cc1ccccc1)C(=O)OC(C)(C)C. The van der Waals surface area contributed by atoms with Gasteiger partial charge in [-0.3, -0.25) is 4.79 Å². The average Bonchev–Trinajstić information content (AvgIpc) is 2.44. The predicted octanol–water partition coefficient (Wildman–Crippen LogP) is 3.10. The summed E-state index contributed by atoms with van der Waals surface area (Å²) in [6, 6.07) is 8.96. The number of esters is 1. The van der Waals surface area contributed by atoms with Gasteiger partial charge in [0.15, 0.2) is 0 Å².